The van der Waals surface area contributed by atoms with Crippen molar-refractivity contribution in [1.29, 1.82) is 0 Å². The Labute approximate surface area is 88.2 Å². The van der Waals surface area contributed by atoms with Gasteiger partial charge in [0.1, 0.15) is 0 Å². The summed E-state index contributed by atoms with van der Waals surface area (Å²) >= 11 is 5.76. The fourth-order valence-corrected chi connectivity index (χ4v) is 1.84. The molecular weight excluding hydrogens is 182 g/mol. The van der Waals surface area contributed by atoms with Gasteiger partial charge in [-0.05, 0) is 25.7 Å². The predicted molar refractivity (Wildman–Crippen MR) is 61.5 cm³/mol. The van der Waals surface area contributed by atoms with Crippen LogP contribution in [0.5, 0.6) is 0 Å². The lowest BCUT2D eigenvalue weighted by Crippen LogP contribution is -2.40. The van der Waals surface area contributed by atoms with E-state index in [1.54, 1.807) is 0 Å². The zero-order valence-corrected chi connectivity index (χ0v) is 10.2. The lowest BCUT2D eigenvalue weighted by molar-refractivity contribution is 0.343. The standard InChI is InChI=1S/C11H24ClN/c1-5-6-10(4)13-11(7-8-12)9(2)3/h9-11,13H,5-8H2,1-4H3. The Hall–Kier alpha value is 0.250. The van der Waals surface area contributed by atoms with Crippen molar-refractivity contribution in [2.75, 3.05) is 5.88 Å². The summed E-state index contributed by atoms with van der Waals surface area (Å²) in [5, 5.41) is 3.63. The molecule has 1 N–H and O–H groups in total. The Kier molecular flexibility index (Phi) is 7.78. The molecule has 0 aliphatic heterocycles. The van der Waals surface area contributed by atoms with Gasteiger partial charge in [0, 0.05) is 18.0 Å². The molecule has 0 bridgehead atoms. The quantitative estimate of drug-likeness (QED) is 0.629. The third-order valence-electron chi connectivity index (χ3n) is 2.45. The first-order chi connectivity index (χ1) is 6.11. The molecule has 0 aliphatic rings. The molecule has 0 saturated heterocycles. The summed E-state index contributed by atoms with van der Waals surface area (Å²) < 4.78 is 0. The van der Waals surface area contributed by atoms with Crippen molar-refractivity contribution in [2.45, 2.75) is 59.0 Å². The topological polar surface area (TPSA) is 12.0 Å². The van der Waals surface area contributed by atoms with Crippen LogP contribution in [0.25, 0.3) is 0 Å². The zero-order chi connectivity index (χ0) is 10.3. The zero-order valence-electron chi connectivity index (χ0n) is 9.44. The van der Waals surface area contributed by atoms with E-state index in [-0.39, 0.29) is 0 Å². The summed E-state index contributed by atoms with van der Waals surface area (Å²) in [5.41, 5.74) is 0. The maximum absolute atomic E-state index is 5.76. The highest BCUT2D eigenvalue weighted by Crippen LogP contribution is 2.09. The van der Waals surface area contributed by atoms with Gasteiger partial charge in [-0.15, -0.1) is 11.6 Å². The molecule has 0 amide bonds. The number of alkyl halides is 1. The first-order valence-electron chi connectivity index (χ1n) is 5.43. The van der Waals surface area contributed by atoms with Crippen LogP contribution in [-0.2, 0) is 0 Å². The van der Waals surface area contributed by atoms with Crippen molar-refractivity contribution >= 4 is 11.6 Å². The highest BCUT2D eigenvalue weighted by atomic mass is 35.5. The highest BCUT2D eigenvalue weighted by molar-refractivity contribution is 6.17. The van der Waals surface area contributed by atoms with Crippen molar-refractivity contribution in [1.82, 2.24) is 5.32 Å². The minimum absolute atomic E-state index is 0.582. The lowest BCUT2D eigenvalue weighted by Gasteiger charge is -2.25. The van der Waals surface area contributed by atoms with Crippen LogP contribution in [0.1, 0.15) is 47.0 Å². The van der Waals surface area contributed by atoms with Gasteiger partial charge in [-0.25, -0.2) is 0 Å². The SMILES string of the molecule is CCCC(C)NC(CCCl)C(C)C. The highest BCUT2D eigenvalue weighted by Gasteiger charge is 2.14. The van der Waals surface area contributed by atoms with Crippen molar-refractivity contribution in [2.24, 2.45) is 5.92 Å². The average molecular weight is 206 g/mol. The molecule has 1 nitrogen and oxygen atoms in total. The Morgan fingerprint density at radius 1 is 1.15 bits per heavy atom. The van der Waals surface area contributed by atoms with Crippen LogP contribution >= 0.6 is 11.6 Å². The van der Waals surface area contributed by atoms with Crippen LogP contribution in [-0.4, -0.2) is 18.0 Å². The van der Waals surface area contributed by atoms with Gasteiger partial charge < -0.3 is 5.32 Å². The van der Waals surface area contributed by atoms with Gasteiger partial charge in [-0.1, -0.05) is 27.2 Å². The van der Waals surface area contributed by atoms with Crippen LogP contribution in [0.15, 0.2) is 0 Å². The molecule has 80 valence electrons. The van der Waals surface area contributed by atoms with Gasteiger partial charge in [0.05, 0.1) is 0 Å². The van der Waals surface area contributed by atoms with E-state index in [0.29, 0.717) is 18.0 Å². The van der Waals surface area contributed by atoms with Gasteiger partial charge in [0.15, 0.2) is 0 Å². The van der Waals surface area contributed by atoms with Crippen LogP contribution in [0.4, 0.5) is 0 Å². The van der Waals surface area contributed by atoms with Crippen molar-refractivity contribution < 1.29 is 0 Å². The van der Waals surface area contributed by atoms with Crippen LogP contribution in [0, 0.1) is 5.92 Å². The van der Waals surface area contributed by atoms with Crippen LogP contribution in [0.2, 0.25) is 0 Å². The van der Waals surface area contributed by atoms with E-state index in [4.69, 9.17) is 11.6 Å². The van der Waals surface area contributed by atoms with E-state index >= 15 is 0 Å². The summed E-state index contributed by atoms with van der Waals surface area (Å²) in [6.07, 6.45) is 3.58. The second kappa shape index (κ2) is 7.64. The molecule has 0 aromatic carbocycles. The van der Waals surface area contributed by atoms with Gasteiger partial charge in [0.2, 0.25) is 0 Å². The molecular formula is C11H24ClN. The van der Waals surface area contributed by atoms with E-state index in [1.807, 2.05) is 0 Å². The smallest absolute Gasteiger partial charge is 0.0238 e. The first-order valence-corrected chi connectivity index (χ1v) is 5.97. The molecule has 0 fully saturated rings. The van der Waals surface area contributed by atoms with E-state index in [2.05, 4.69) is 33.0 Å². The Morgan fingerprint density at radius 2 is 1.77 bits per heavy atom. The summed E-state index contributed by atoms with van der Waals surface area (Å²) in [4.78, 5) is 0. The van der Waals surface area contributed by atoms with Gasteiger partial charge in [0.25, 0.3) is 0 Å². The molecule has 0 rings (SSSR count). The molecule has 0 spiro atoms. The van der Waals surface area contributed by atoms with Gasteiger partial charge in [-0.2, -0.15) is 0 Å². The number of rotatable bonds is 7. The predicted octanol–water partition coefficient (Wildman–Crippen LogP) is 3.42. The van der Waals surface area contributed by atoms with E-state index < -0.39 is 0 Å². The number of halogens is 1. The number of hydrogen-bond acceptors (Lipinski definition) is 1. The molecule has 0 heterocycles. The second-order valence-corrected chi connectivity index (χ2v) is 4.56. The minimum Gasteiger partial charge on any atom is -0.311 e. The Morgan fingerprint density at radius 3 is 2.15 bits per heavy atom. The fraction of sp³-hybridized carbons (Fsp3) is 1.00. The van der Waals surface area contributed by atoms with E-state index in [9.17, 15) is 0 Å². The van der Waals surface area contributed by atoms with Gasteiger partial charge in [-0.3, -0.25) is 0 Å². The molecule has 2 atom stereocenters. The maximum Gasteiger partial charge on any atom is 0.0238 e. The van der Waals surface area contributed by atoms with Crippen LogP contribution in [0.3, 0.4) is 0 Å². The number of hydrogen-bond donors (Lipinski definition) is 1. The second-order valence-electron chi connectivity index (χ2n) is 4.18. The Balaban J connectivity index is 3.79. The van der Waals surface area contributed by atoms with E-state index in [1.165, 1.54) is 12.8 Å². The van der Waals surface area contributed by atoms with Crippen molar-refractivity contribution in [3.05, 3.63) is 0 Å². The number of nitrogens with one attached hydrogen (secondary N) is 1. The monoisotopic (exact) mass is 205 g/mol. The molecule has 2 heteroatoms. The molecule has 0 saturated carbocycles. The average Bonchev–Trinajstić information content (AvgIpc) is 2.04. The molecule has 0 radical (unpaired) electrons. The van der Waals surface area contributed by atoms with E-state index in [0.717, 1.165) is 12.3 Å². The molecule has 0 aromatic heterocycles. The normalized spacial score (nSPS) is 16.2. The molecule has 0 aromatic rings. The summed E-state index contributed by atoms with van der Waals surface area (Å²) in [5.74, 6) is 1.44. The summed E-state index contributed by atoms with van der Waals surface area (Å²) in [7, 11) is 0. The summed E-state index contributed by atoms with van der Waals surface area (Å²) in [6, 6.07) is 1.21. The maximum atomic E-state index is 5.76. The van der Waals surface area contributed by atoms with Crippen molar-refractivity contribution in [3.63, 3.8) is 0 Å². The largest absolute Gasteiger partial charge is 0.311 e. The molecule has 2 unspecified atom stereocenters. The minimum atomic E-state index is 0.582. The molecule has 13 heavy (non-hydrogen) atoms. The Bertz CT molecular complexity index is 115. The van der Waals surface area contributed by atoms with Crippen LogP contribution < -0.4 is 5.32 Å². The van der Waals surface area contributed by atoms with Gasteiger partial charge >= 0.3 is 0 Å². The first kappa shape index (κ1) is 13.2. The third kappa shape index (κ3) is 6.34. The fourth-order valence-electron chi connectivity index (χ4n) is 1.61. The third-order valence-corrected chi connectivity index (χ3v) is 2.66. The lowest BCUT2D eigenvalue weighted by atomic mass is 10.00. The molecule has 0 aliphatic carbocycles. The van der Waals surface area contributed by atoms with Crippen molar-refractivity contribution in [3.8, 4) is 0 Å². The summed E-state index contributed by atoms with van der Waals surface area (Å²) in [6.45, 7) is 8.99.